The van der Waals surface area contributed by atoms with E-state index in [9.17, 15) is 23.1 Å². The lowest BCUT2D eigenvalue weighted by atomic mass is 9.78. The van der Waals surface area contributed by atoms with Crippen molar-refractivity contribution >= 4 is 32.9 Å². The molecular formula is C28H25BrF3N3O3. The largest absolute Gasteiger partial charge is 0.487 e. The van der Waals surface area contributed by atoms with Crippen LogP contribution in [-0.2, 0) is 17.9 Å². The molecule has 4 aromatic rings. The minimum absolute atomic E-state index is 0.113. The van der Waals surface area contributed by atoms with Gasteiger partial charge >= 0.3 is 5.97 Å². The number of carbonyl (C=O) groups is 1. The number of hydrogen-bond donors (Lipinski definition) is 1. The van der Waals surface area contributed by atoms with Crippen molar-refractivity contribution in [3.05, 3.63) is 87.2 Å². The number of halogens is 4. The van der Waals surface area contributed by atoms with Crippen LogP contribution >= 0.6 is 15.9 Å². The summed E-state index contributed by atoms with van der Waals surface area (Å²) in [6, 6.07) is 8.80. The number of carboxylic acid groups (broad SMARTS) is 1. The normalized spacial score (nSPS) is 17.6. The predicted octanol–water partition coefficient (Wildman–Crippen LogP) is 6.91. The van der Waals surface area contributed by atoms with Gasteiger partial charge in [-0.2, -0.15) is 0 Å². The fourth-order valence-corrected chi connectivity index (χ4v) is 5.50. The van der Waals surface area contributed by atoms with Crippen LogP contribution in [0.5, 0.6) is 5.75 Å². The molecule has 2 aromatic heterocycles. The van der Waals surface area contributed by atoms with Crippen molar-refractivity contribution in [2.75, 3.05) is 0 Å². The van der Waals surface area contributed by atoms with Crippen molar-refractivity contribution in [1.82, 2.24) is 14.5 Å². The van der Waals surface area contributed by atoms with E-state index in [1.54, 1.807) is 35.9 Å². The molecule has 0 saturated heterocycles. The molecule has 0 amide bonds. The first-order valence-electron chi connectivity index (χ1n) is 12.3. The minimum Gasteiger partial charge on any atom is -0.487 e. The molecule has 2 atom stereocenters. The van der Waals surface area contributed by atoms with Crippen LogP contribution in [0.1, 0.15) is 54.2 Å². The van der Waals surface area contributed by atoms with Gasteiger partial charge in [0.2, 0.25) is 0 Å². The highest BCUT2D eigenvalue weighted by atomic mass is 79.9. The Balaban J connectivity index is 1.57. The second-order valence-corrected chi connectivity index (χ2v) is 10.5. The molecule has 1 fully saturated rings. The fourth-order valence-electron chi connectivity index (χ4n) is 5.10. The molecule has 2 heterocycles. The molecule has 0 aliphatic heterocycles. The number of imidazole rings is 1. The summed E-state index contributed by atoms with van der Waals surface area (Å²) in [6.45, 7) is 1.45. The maximum Gasteiger partial charge on any atom is 0.307 e. The van der Waals surface area contributed by atoms with E-state index in [1.165, 1.54) is 18.2 Å². The lowest BCUT2D eigenvalue weighted by Gasteiger charge is -2.28. The molecule has 1 saturated carbocycles. The van der Waals surface area contributed by atoms with Gasteiger partial charge in [-0.3, -0.25) is 9.78 Å². The van der Waals surface area contributed by atoms with E-state index in [2.05, 4.69) is 20.9 Å². The van der Waals surface area contributed by atoms with Crippen LogP contribution in [0.25, 0.3) is 11.0 Å². The summed E-state index contributed by atoms with van der Waals surface area (Å²) >= 11 is 3.11. The summed E-state index contributed by atoms with van der Waals surface area (Å²) in [5.41, 5.74) is 1.76. The Labute approximate surface area is 225 Å². The second-order valence-electron chi connectivity index (χ2n) is 9.62. The van der Waals surface area contributed by atoms with E-state index in [0.717, 1.165) is 12.8 Å². The van der Waals surface area contributed by atoms with Crippen LogP contribution in [-0.4, -0.2) is 25.6 Å². The molecule has 6 nitrogen and oxygen atoms in total. The summed E-state index contributed by atoms with van der Waals surface area (Å²) in [5, 5.41) is 9.89. The van der Waals surface area contributed by atoms with Crippen LogP contribution < -0.4 is 4.74 Å². The van der Waals surface area contributed by atoms with Gasteiger partial charge in [0.05, 0.1) is 23.5 Å². The number of aromatic nitrogens is 3. The monoisotopic (exact) mass is 587 g/mol. The van der Waals surface area contributed by atoms with Gasteiger partial charge in [-0.05, 0) is 55.7 Å². The Morgan fingerprint density at radius 3 is 2.55 bits per heavy atom. The molecule has 0 radical (unpaired) electrons. The van der Waals surface area contributed by atoms with Gasteiger partial charge in [0.25, 0.3) is 0 Å². The number of hydrogen-bond acceptors (Lipinski definition) is 4. The molecule has 0 bridgehead atoms. The smallest absolute Gasteiger partial charge is 0.307 e. The summed E-state index contributed by atoms with van der Waals surface area (Å²) in [5.74, 6) is -3.04. The molecule has 1 aliphatic carbocycles. The maximum absolute atomic E-state index is 14.9. The second kappa shape index (κ2) is 10.8. The summed E-state index contributed by atoms with van der Waals surface area (Å²) < 4.78 is 51.8. The lowest BCUT2D eigenvalue weighted by molar-refractivity contribution is -0.143. The summed E-state index contributed by atoms with van der Waals surface area (Å²) in [4.78, 5) is 20.9. The average Bonchev–Trinajstić information content (AvgIpc) is 3.23. The average molecular weight is 588 g/mol. The zero-order valence-electron chi connectivity index (χ0n) is 20.6. The third kappa shape index (κ3) is 5.27. The first-order valence-corrected chi connectivity index (χ1v) is 13.1. The number of pyridine rings is 1. The number of benzene rings is 2. The van der Waals surface area contributed by atoms with Crippen LogP contribution in [0.4, 0.5) is 13.2 Å². The molecule has 10 heteroatoms. The van der Waals surface area contributed by atoms with E-state index in [0.29, 0.717) is 41.0 Å². The maximum atomic E-state index is 14.9. The number of ether oxygens (including phenoxy) is 1. The third-order valence-corrected chi connectivity index (χ3v) is 7.47. The molecule has 1 N–H and O–H groups in total. The number of aliphatic carboxylic acids is 1. The highest BCUT2D eigenvalue weighted by Gasteiger charge is 2.35. The fraction of sp³-hybridized carbons (Fsp3) is 0.321. The van der Waals surface area contributed by atoms with Gasteiger partial charge in [0.15, 0.2) is 0 Å². The zero-order valence-corrected chi connectivity index (χ0v) is 22.1. The molecule has 1 aliphatic rings. The Bertz CT molecular complexity index is 1500. The molecule has 0 unspecified atom stereocenters. The van der Waals surface area contributed by atoms with Gasteiger partial charge in [0, 0.05) is 28.2 Å². The van der Waals surface area contributed by atoms with Crippen molar-refractivity contribution in [2.45, 2.75) is 51.7 Å². The molecule has 2 aromatic carbocycles. The Hall–Kier alpha value is -3.40. The van der Waals surface area contributed by atoms with Gasteiger partial charge in [0.1, 0.15) is 41.3 Å². The van der Waals surface area contributed by atoms with Gasteiger partial charge in [-0.1, -0.05) is 28.8 Å². The number of carboxylic acids is 1. The van der Waals surface area contributed by atoms with Gasteiger partial charge < -0.3 is 14.4 Å². The highest BCUT2D eigenvalue weighted by Crippen LogP contribution is 2.40. The van der Waals surface area contributed by atoms with Gasteiger partial charge in [-0.15, -0.1) is 0 Å². The van der Waals surface area contributed by atoms with Crippen LogP contribution in [0, 0.1) is 30.3 Å². The third-order valence-electron chi connectivity index (χ3n) is 7.02. The van der Waals surface area contributed by atoms with E-state index < -0.39 is 35.3 Å². The number of rotatable bonds is 7. The molecule has 0 spiro atoms. The van der Waals surface area contributed by atoms with E-state index in [1.807, 2.05) is 0 Å². The van der Waals surface area contributed by atoms with Gasteiger partial charge in [-0.25, -0.2) is 18.2 Å². The SMILES string of the molecule is Cc1cnc(COc2ccc3nc([C@@H]4CCCC[C@H]4C(=O)O)n(Cc4c(F)cc(Br)cc4F)c3c2)c(F)c1. The zero-order chi connectivity index (χ0) is 27.0. The first-order chi connectivity index (χ1) is 18.2. The van der Waals surface area contributed by atoms with E-state index in [4.69, 9.17) is 9.72 Å². The molecular weight excluding hydrogens is 563 g/mol. The Morgan fingerprint density at radius 1 is 1.11 bits per heavy atom. The molecule has 5 rings (SSSR count). The predicted molar refractivity (Wildman–Crippen MR) is 138 cm³/mol. The van der Waals surface area contributed by atoms with E-state index >= 15 is 0 Å². The summed E-state index contributed by atoms with van der Waals surface area (Å²) in [6.07, 6.45) is 4.30. The van der Waals surface area contributed by atoms with Crippen LogP contribution in [0.3, 0.4) is 0 Å². The standard InChI is InChI=1S/C28H25BrF3N3O3/c1-15-8-23(32)25(33-12-15)14-38-17-6-7-24-26(11-17)35(13-20-21(30)9-16(29)10-22(20)31)27(34-24)18-4-2-3-5-19(18)28(36)37/h6-12,18-19H,2-5,13-14H2,1H3,(H,36,37)/t18-,19-/m1/s1. The van der Waals surface area contributed by atoms with Crippen molar-refractivity contribution in [2.24, 2.45) is 5.92 Å². The van der Waals surface area contributed by atoms with E-state index in [-0.39, 0.29) is 28.9 Å². The number of aryl methyl sites for hydroxylation is 1. The lowest BCUT2D eigenvalue weighted by Crippen LogP contribution is -2.28. The first kappa shape index (κ1) is 26.2. The van der Waals surface area contributed by atoms with Crippen molar-refractivity contribution < 1.29 is 27.8 Å². The van der Waals surface area contributed by atoms with Crippen molar-refractivity contribution in [3.63, 3.8) is 0 Å². The number of fused-ring (bicyclic) bond motifs is 1. The van der Waals surface area contributed by atoms with Crippen LogP contribution in [0.2, 0.25) is 0 Å². The topological polar surface area (TPSA) is 77.2 Å². The highest BCUT2D eigenvalue weighted by molar-refractivity contribution is 9.10. The minimum atomic E-state index is -0.911. The van der Waals surface area contributed by atoms with Crippen LogP contribution in [0.15, 0.2) is 47.1 Å². The Kier molecular flexibility index (Phi) is 7.43. The molecule has 198 valence electrons. The number of nitrogens with zero attached hydrogens (tertiary/aromatic N) is 3. The molecule has 38 heavy (non-hydrogen) atoms. The quantitative estimate of drug-likeness (QED) is 0.254. The summed E-state index contributed by atoms with van der Waals surface area (Å²) in [7, 11) is 0. The van der Waals surface area contributed by atoms with Crippen molar-refractivity contribution in [1.29, 1.82) is 0 Å². The Morgan fingerprint density at radius 2 is 1.84 bits per heavy atom. The van der Waals surface area contributed by atoms with Crippen molar-refractivity contribution in [3.8, 4) is 5.75 Å².